The van der Waals surface area contributed by atoms with Crippen LogP contribution in [-0.4, -0.2) is 25.3 Å². The van der Waals surface area contributed by atoms with Gasteiger partial charge in [0, 0.05) is 0 Å². The molecule has 0 aliphatic heterocycles. The van der Waals surface area contributed by atoms with Crippen molar-refractivity contribution in [3.05, 3.63) is 23.3 Å². The Morgan fingerprint density at radius 2 is 1.80 bits per heavy atom. The minimum atomic E-state index is -0.951. The van der Waals surface area contributed by atoms with Gasteiger partial charge in [-0.15, -0.1) is 0 Å². The van der Waals surface area contributed by atoms with Crippen molar-refractivity contribution in [2.45, 2.75) is 13.3 Å². The zero-order valence-electron chi connectivity index (χ0n) is 9.03. The highest BCUT2D eigenvalue weighted by atomic mass is 16.5. The fraction of sp³-hybridized carbons (Fsp3) is 0.364. The Hall–Kier alpha value is -1.71. The molecule has 4 heteroatoms. The summed E-state index contributed by atoms with van der Waals surface area (Å²) in [7, 11) is 3.01. The normalized spacial score (nSPS) is 9.80. The van der Waals surface area contributed by atoms with Crippen molar-refractivity contribution in [3.63, 3.8) is 0 Å². The summed E-state index contributed by atoms with van der Waals surface area (Å²) in [6.07, 6.45) is 0.641. The highest BCUT2D eigenvalue weighted by Crippen LogP contribution is 2.30. The van der Waals surface area contributed by atoms with E-state index >= 15 is 0 Å². The molecular formula is C11H14O4. The summed E-state index contributed by atoms with van der Waals surface area (Å²) >= 11 is 0. The fourth-order valence-electron chi connectivity index (χ4n) is 1.41. The molecule has 0 saturated carbocycles. The minimum absolute atomic E-state index is 0.259. The van der Waals surface area contributed by atoms with Gasteiger partial charge >= 0.3 is 5.97 Å². The molecule has 0 fully saturated rings. The number of carbonyl (C=O) groups is 1. The Labute approximate surface area is 88.4 Å². The predicted molar refractivity (Wildman–Crippen MR) is 55.9 cm³/mol. The number of carboxylic acid groups (broad SMARTS) is 1. The minimum Gasteiger partial charge on any atom is -0.493 e. The number of aromatic carboxylic acids is 1. The van der Waals surface area contributed by atoms with Crippen LogP contribution in [-0.2, 0) is 6.42 Å². The van der Waals surface area contributed by atoms with Crippen molar-refractivity contribution in [1.82, 2.24) is 0 Å². The number of ether oxygens (including phenoxy) is 2. The Morgan fingerprint density at radius 1 is 1.27 bits per heavy atom. The molecule has 0 saturated heterocycles. The summed E-state index contributed by atoms with van der Waals surface area (Å²) < 4.78 is 10.1. The van der Waals surface area contributed by atoms with Crippen LogP contribution in [0.2, 0.25) is 0 Å². The van der Waals surface area contributed by atoms with Gasteiger partial charge in [-0.25, -0.2) is 4.79 Å². The van der Waals surface area contributed by atoms with Crippen LogP contribution in [0.4, 0.5) is 0 Å². The van der Waals surface area contributed by atoms with E-state index in [1.165, 1.54) is 20.3 Å². The summed E-state index contributed by atoms with van der Waals surface area (Å²) in [6.45, 7) is 1.90. The summed E-state index contributed by atoms with van der Waals surface area (Å²) in [5, 5.41) is 8.98. The van der Waals surface area contributed by atoms with Gasteiger partial charge < -0.3 is 14.6 Å². The highest BCUT2D eigenvalue weighted by molar-refractivity contribution is 5.90. The molecule has 0 atom stereocenters. The quantitative estimate of drug-likeness (QED) is 0.825. The van der Waals surface area contributed by atoms with Crippen LogP contribution in [0, 0.1) is 0 Å². The first-order valence-electron chi connectivity index (χ1n) is 4.62. The fourth-order valence-corrected chi connectivity index (χ4v) is 1.41. The molecule has 82 valence electrons. The molecule has 0 amide bonds. The van der Waals surface area contributed by atoms with Gasteiger partial charge in [-0.2, -0.15) is 0 Å². The molecule has 0 aromatic heterocycles. The standard InChI is InChI=1S/C11H14O4/c1-4-7-5-9(14-2)10(15-3)6-8(7)11(12)13/h5-6H,4H2,1-3H3,(H,12,13). The van der Waals surface area contributed by atoms with E-state index in [1.807, 2.05) is 6.92 Å². The number of benzene rings is 1. The third-order valence-corrected chi connectivity index (χ3v) is 2.22. The van der Waals surface area contributed by atoms with Crippen LogP contribution in [0.15, 0.2) is 12.1 Å². The van der Waals surface area contributed by atoms with Crippen LogP contribution >= 0.6 is 0 Å². The smallest absolute Gasteiger partial charge is 0.336 e. The maximum atomic E-state index is 11.0. The first-order chi connectivity index (χ1) is 7.13. The van der Waals surface area contributed by atoms with E-state index in [9.17, 15) is 4.79 Å². The van der Waals surface area contributed by atoms with E-state index in [0.717, 1.165) is 5.56 Å². The average molecular weight is 210 g/mol. The zero-order chi connectivity index (χ0) is 11.4. The summed E-state index contributed by atoms with van der Waals surface area (Å²) in [5.74, 6) is 0.0410. The van der Waals surface area contributed by atoms with E-state index in [0.29, 0.717) is 17.9 Å². The van der Waals surface area contributed by atoms with Crippen molar-refractivity contribution in [2.75, 3.05) is 14.2 Å². The molecule has 0 aliphatic carbocycles. The van der Waals surface area contributed by atoms with E-state index in [4.69, 9.17) is 14.6 Å². The lowest BCUT2D eigenvalue weighted by atomic mass is 10.0. The number of methoxy groups -OCH3 is 2. The third kappa shape index (κ3) is 2.21. The van der Waals surface area contributed by atoms with Crippen LogP contribution < -0.4 is 9.47 Å². The summed E-state index contributed by atoms with van der Waals surface area (Å²) in [4.78, 5) is 11.0. The molecule has 0 aliphatic rings. The third-order valence-electron chi connectivity index (χ3n) is 2.22. The molecule has 0 bridgehead atoms. The monoisotopic (exact) mass is 210 g/mol. The van der Waals surface area contributed by atoms with E-state index < -0.39 is 5.97 Å². The van der Waals surface area contributed by atoms with Crippen molar-refractivity contribution < 1.29 is 19.4 Å². The zero-order valence-corrected chi connectivity index (χ0v) is 9.03. The number of carboxylic acids is 1. The van der Waals surface area contributed by atoms with Gasteiger partial charge in [0.1, 0.15) is 0 Å². The number of aryl methyl sites for hydroxylation is 1. The van der Waals surface area contributed by atoms with Gasteiger partial charge in [0.15, 0.2) is 11.5 Å². The van der Waals surface area contributed by atoms with Crippen LogP contribution in [0.25, 0.3) is 0 Å². The molecule has 0 spiro atoms. The second kappa shape index (κ2) is 4.68. The number of rotatable bonds is 4. The molecule has 15 heavy (non-hydrogen) atoms. The maximum Gasteiger partial charge on any atom is 0.336 e. The molecule has 1 aromatic rings. The van der Waals surface area contributed by atoms with Crippen molar-refractivity contribution in [3.8, 4) is 11.5 Å². The summed E-state index contributed by atoms with van der Waals surface area (Å²) in [5.41, 5.74) is 0.996. The Bertz CT molecular complexity index is 371. The molecular weight excluding hydrogens is 196 g/mol. The van der Waals surface area contributed by atoms with Gasteiger partial charge in [0.05, 0.1) is 19.8 Å². The van der Waals surface area contributed by atoms with Gasteiger partial charge in [-0.05, 0) is 24.1 Å². The van der Waals surface area contributed by atoms with E-state index in [2.05, 4.69) is 0 Å². The molecule has 0 unspecified atom stereocenters. The van der Waals surface area contributed by atoms with Crippen LogP contribution in [0.5, 0.6) is 11.5 Å². The Balaban J connectivity index is 3.34. The first-order valence-corrected chi connectivity index (χ1v) is 4.62. The largest absolute Gasteiger partial charge is 0.493 e. The van der Waals surface area contributed by atoms with Gasteiger partial charge in [0.2, 0.25) is 0 Å². The van der Waals surface area contributed by atoms with E-state index in [-0.39, 0.29) is 5.56 Å². The predicted octanol–water partition coefficient (Wildman–Crippen LogP) is 1.96. The lowest BCUT2D eigenvalue weighted by molar-refractivity contribution is 0.0695. The lowest BCUT2D eigenvalue weighted by Gasteiger charge is -2.11. The van der Waals surface area contributed by atoms with Crippen LogP contribution in [0.3, 0.4) is 0 Å². The SMILES string of the molecule is CCc1cc(OC)c(OC)cc1C(=O)O. The second-order valence-electron chi connectivity index (χ2n) is 3.02. The van der Waals surface area contributed by atoms with Gasteiger partial charge in [0.25, 0.3) is 0 Å². The topological polar surface area (TPSA) is 55.8 Å². The van der Waals surface area contributed by atoms with Gasteiger partial charge in [-0.3, -0.25) is 0 Å². The average Bonchev–Trinajstić information content (AvgIpc) is 2.26. The molecule has 0 heterocycles. The molecule has 1 aromatic carbocycles. The van der Waals surface area contributed by atoms with Crippen molar-refractivity contribution in [2.24, 2.45) is 0 Å². The van der Waals surface area contributed by atoms with Crippen LogP contribution in [0.1, 0.15) is 22.8 Å². The molecule has 1 N–H and O–H groups in total. The van der Waals surface area contributed by atoms with Crippen molar-refractivity contribution >= 4 is 5.97 Å². The molecule has 4 nitrogen and oxygen atoms in total. The lowest BCUT2D eigenvalue weighted by Crippen LogP contribution is -2.03. The Morgan fingerprint density at radius 3 is 2.20 bits per heavy atom. The van der Waals surface area contributed by atoms with Crippen molar-refractivity contribution in [1.29, 1.82) is 0 Å². The summed E-state index contributed by atoms with van der Waals surface area (Å²) in [6, 6.07) is 3.18. The first kappa shape index (κ1) is 11.4. The highest BCUT2D eigenvalue weighted by Gasteiger charge is 2.14. The number of hydrogen-bond donors (Lipinski definition) is 1. The van der Waals surface area contributed by atoms with E-state index in [1.54, 1.807) is 6.07 Å². The maximum absolute atomic E-state index is 11.0. The molecule has 1 rings (SSSR count). The Kier molecular flexibility index (Phi) is 3.55. The van der Waals surface area contributed by atoms with Gasteiger partial charge in [-0.1, -0.05) is 6.92 Å². The second-order valence-corrected chi connectivity index (χ2v) is 3.02. The molecule has 0 radical (unpaired) electrons. The number of hydrogen-bond acceptors (Lipinski definition) is 3.